The Hall–Kier alpha value is -2.15. The van der Waals surface area contributed by atoms with Gasteiger partial charge in [-0.05, 0) is 29.9 Å². The lowest BCUT2D eigenvalue weighted by Crippen LogP contribution is -2.49. The van der Waals surface area contributed by atoms with Crippen LogP contribution in [-0.4, -0.2) is 48.1 Å². The average Bonchev–Trinajstić information content (AvgIpc) is 2.61. The van der Waals surface area contributed by atoms with E-state index in [0.29, 0.717) is 38.3 Å². The molecule has 2 aliphatic rings. The number of carbonyl (C=O) groups is 2. The SMILES string of the molecule is COCCC(=O)Nc1ccc2n(c1=O)C[C@H]1C[C@@H]2CN(C(=O)CC(C)(C)C)C1. The van der Waals surface area contributed by atoms with Crippen molar-refractivity contribution >= 4 is 17.5 Å². The molecule has 7 heteroatoms. The van der Waals surface area contributed by atoms with E-state index < -0.39 is 0 Å². The Balaban J connectivity index is 1.77. The fraction of sp³-hybridized carbons (Fsp3) is 0.667. The molecule has 7 nitrogen and oxygen atoms in total. The van der Waals surface area contributed by atoms with Gasteiger partial charge in [0.1, 0.15) is 5.69 Å². The number of ether oxygens (including phenoxy) is 1. The van der Waals surface area contributed by atoms with Crippen LogP contribution in [0.25, 0.3) is 0 Å². The quantitative estimate of drug-likeness (QED) is 0.837. The van der Waals surface area contributed by atoms with Crippen LogP contribution in [0.2, 0.25) is 0 Å². The minimum Gasteiger partial charge on any atom is -0.384 e. The second-order valence-corrected chi connectivity index (χ2v) is 9.21. The van der Waals surface area contributed by atoms with Crippen molar-refractivity contribution in [3.05, 3.63) is 28.2 Å². The maximum atomic E-state index is 12.9. The number of fused-ring (bicyclic) bond motifs is 4. The van der Waals surface area contributed by atoms with Crippen LogP contribution in [0.4, 0.5) is 5.69 Å². The summed E-state index contributed by atoms with van der Waals surface area (Å²) in [4.78, 5) is 39.5. The van der Waals surface area contributed by atoms with Crippen LogP contribution in [0.15, 0.2) is 16.9 Å². The van der Waals surface area contributed by atoms with Gasteiger partial charge in [0, 0.05) is 44.8 Å². The summed E-state index contributed by atoms with van der Waals surface area (Å²) >= 11 is 0. The minimum atomic E-state index is -0.227. The van der Waals surface area contributed by atoms with Crippen molar-refractivity contribution in [2.75, 3.05) is 32.1 Å². The topological polar surface area (TPSA) is 80.6 Å². The molecule has 0 aliphatic carbocycles. The molecule has 0 aromatic carbocycles. The Morgan fingerprint density at radius 3 is 2.64 bits per heavy atom. The van der Waals surface area contributed by atoms with Gasteiger partial charge in [-0.15, -0.1) is 0 Å². The van der Waals surface area contributed by atoms with Gasteiger partial charge in [-0.2, -0.15) is 0 Å². The van der Waals surface area contributed by atoms with E-state index in [1.807, 2.05) is 11.0 Å². The number of hydrogen-bond acceptors (Lipinski definition) is 4. The van der Waals surface area contributed by atoms with Gasteiger partial charge in [0.05, 0.1) is 13.0 Å². The maximum absolute atomic E-state index is 12.9. The largest absolute Gasteiger partial charge is 0.384 e. The summed E-state index contributed by atoms with van der Waals surface area (Å²) in [6, 6.07) is 3.61. The second kappa shape index (κ2) is 8.07. The van der Waals surface area contributed by atoms with Crippen LogP contribution in [0.3, 0.4) is 0 Å². The molecule has 2 aliphatic heterocycles. The van der Waals surface area contributed by atoms with E-state index in [4.69, 9.17) is 4.74 Å². The fourth-order valence-corrected chi connectivity index (χ4v) is 4.22. The summed E-state index contributed by atoms with van der Waals surface area (Å²) in [7, 11) is 1.54. The molecular formula is C21H31N3O4. The lowest BCUT2D eigenvalue weighted by molar-refractivity contribution is -0.135. The third kappa shape index (κ3) is 4.63. The maximum Gasteiger partial charge on any atom is 0.274 e. The number of pyridine rings is 1. The molecule has 0 unspecified atom stereocenters. The highest BCUT2D eigenvalue weighted by Crippen LogP contribution is 2.36. The number of rotatable bonds is 5. The molecule has 1 saturated heterocycles. The Bertz CT molecular complexity index is 809. The highest BCUT2D eigenvalue weighted by atomic mass is 16.5. The average molecular weight is 389 g/mol. The Morgan fingerprint density at radius 2 is 1.96 bits per heavy atom. The number of likely N-dealkylation sites (tertiary alicyclic amines) is 1. The molecule has 0 radical (unpaired) electrons. The Labute approximate surface area is 166 Å². The minimum absolute atomic E-state index is 0.0333. The molecular weight excluding hydrogens is 358 g/mol. The summed E-state index contributed by atoms with van der Waals surface area (Å²) in [5, 5.41) is 2.70. The molecule has 0 spiro atoms. The number of nitrogens with one attached hydrogen (secondary N) is 1. The number of aromatic nitrogens is 1. The molecule has 3 heterocycles. The zero-order chi connectivity index (χ0) is 20.5. The van der Waals surface area contributed by atoms with Crippen molar-refractivity contribution in [2.45, 2.75) is 52.5 Å². The highest BCUT2D eigenvalue weighted by Gasteiger charge is 2.37. The normalized spacial score (nSPS) is 21.2. The van der Waals surface area contributed by atoms with E-state index in [-0.39, 0.29) is 41.0 Å². The highest BCUT2D eigenvalue weighted by molar-refractivity contribution is 5.90. The smallest absolute Gasteiger partial charge is 0.274 e. The number of carbonyl (C=O) groups excluding carboxylic acids is 2. The monoisotopic (exact) mass is 389 g/mol. The van der Waals surface area contributed by atoms with Crippen molar-refractivity contribution in [3.63, 3.8) is 0 Å². The number of hydrogen-bond donors (Lipinski definition) is 1. The van der Waals surface area contributed by atoms with Crippen LogP contribution in [-0.2, 0) is 20.9 Å². The number of anilines is 1. The predicted molar refractivity (Wildman–Crippen MR) is 107 cm³/mol. The molecule has 2 atom stereocenters. The van der Waals surface area contributed by atoms with E-state index in [0.717, 1.165) is 12.1 Å². The van der Waals surface area contributed by atoms with Crippen molar-refractivity contribution in [1.29, 1.82) is 0 Å². The summed E-state index contributed by atoms with van der Waals surface area (Å²) < 4.78 is 6.69. The first-order chi connectivity index (χ1) is 13.2. The molecule has 0 saturated carbocycles. The third-order valence-corrected chi connectivity index (χ3v) is 5.45. The van der Waals surface area contributed by atoms with Crippen LogP contribution >= 0.6 is 0 Å². The molecule has 1 aromatic rings. The van der Waals surface area contributed by atoms with Crippen LogP contribution in [0, 0.1) is 11.3 Å². The number of nitrogens with zero attached hydrogens (tertiary/aromatic N) is 2. The standard InChI is InChI=1S/C21H31N3O4/c1-21(2,3)10-19(26)23-11-14-9-15(13-23)17-6-5-16(20(27)24(17)12-14)22-18(25)7-8-28-4/h5-6,14-15H,7-13H2,1-4H3,(H,22,25)/t14-,15+/m0/s1. The first kappa shape index (κ1) is 20.6. The van der Waals surface area contributed by atoms with Crippen molar-refractivity contribution < 1.29 is 14.3 Å². The first-order valence-electron chi connectivity index (χ1n) is 9.98. The molecule has 154 valence electrons. The van der Waals surface area contributed by atoms with Gasteiger partial charge in [0.2, 0.25) is 11.8 Å². The summed E-state index contributed by atoms with van der Waals surface area (Å²) in [5.74, 6) is 0.407. The summed E-state index contributed by atoms with van der Waals surface area (Å²) in [6.07, 6.45) is 1.75. The number of piperidine rings is 1. The second-order valence-electron chi connectivity index (χ2n) is 9.21. The van der Waals surface area contributed by atoms with Crippen LogP contribution in [0.5, 0.6) is 0 Å². The van der Waals surface area contributed by atoms with Crippen LogP contribution < -0.4 is 10.9 Å². The lowest BCUT2D eigenvalue weighted by Gasteiger charge is -2.43. The molecule has 2 bridgehead atoms. The van der Waals surface area contributed by atoms with Gasteiger partial charge in [-0.3, -0.25) is 14.4 Å². The van der Waals surface area contributed by atoms with Gasteiger partial charge < -0.3 is 19.5 Å². The molecule has 3 rings (SSSR count). The first-order valence-corrected chi connectivity index (χ1v) is 9.98. The molecule has 1 fully saturated rings. The third-order valence-electron chi connectivity index (χ3n) is 5.45. The van der Waals surface area contributed by atoms with Gasteiger partial charge in [0.25, 0.3) is 5.56 Å². The van der Waals surface area contributed by atoms with E-state index in [1.54, 1.807) is 10.6 Å². The number of amides is 2. The van der Waals surface area contributed by atoms with E-state index in [1.165, 1.54) is 7.11 Å². The van der Waals surface area contributed by atoms with Crippen molar-refractivity contribution in [2.24, 2.45) is 11.3 Å². The van der Waals surface area contributed by atoms with E-state index >= 15 is 0 Å². The van der Waals surface area contributed by atoms with Gasteiger partial charge in [0.15, 0.2) is 0 Å². The molecule has 2 amide bonds. The van der Waals surface area contributed by atoms with Crippen molar-refractivity contribution in [3.8, 4) is 0 Å². The molecule has 28 heavy (non-hydrogen) atoms. The Morgan fingerprint density at radius 1 is 1.21 bits per heavy atom. The van der Waals surface area contributed by atoms with E-state index in [9.17, 15) is 14.4 Å². The van der Waals surface area contributed by atoms with Crippen molar-refractivity contribution in [1.82, 2.24) is 9.47 Å². The summed E-state index contributed by atoms with van der Waals surface area (Å²) in [6.45, 7) is 8.49. The van der Waals surface area contributed by atoms with Crippen LogP contribution in [0.1, 0.15) is 51.6 Å². The zero-order valence-electron chi connectivity index (χ0n) is 17.3. The number of methoxy groups -OCH3 is 1. The Kier molecular flexibility index (Phi) is 5.93. The molecule has 1 N–H and O–H groups in total. The van der Waals surface area contributed by atoms with Gasteiger partial charge in [-0.1, -0.05) is 20.8 Å². The molecule has 1 aromatic heterocycles. The van der Waals surface area contributed by atoms with Gasteiger partial charge in [-0.25, -0.2) is 0 Å². The fourth-order valence-electron chi connectivity index (χ4n) is 4.22. The van der Waals surface area contributed by atoms with E-state index in [2.05, 4.69) is 26.1 Å². The summed E-state index contributed by atoms with van der Waals surface area (Å²) in [5.41, 5.74) is 1.08. The van der Waals surface area contributed by atoms with Gasteiger partial charge >= 0.3 is 0 Å². The zero-order valence-corrected chi connectivity index (χ0v) is 17.3. The predicted octanol–water partition coefficient (Wildman–Crippen LogP) is 2.21. The lowest BCUT2D eigenvalue weighted by atomic mass is 9.82.